The molecule has 1 aliphatic carbocycles. The molecule has 0 saturated heterocycles. The monoisotopic (exact) mass is 328 g/mol. The first kappa shape index (κ1) is 17.1. The smallest absolute Gasteiger partial charge is 0.0595 e. The highest BCUT2D eigenvalue weighted by Gasteiger charge is 2.22. The van der Waals surface area contributed by atoms with E-state index in [1.165, 1.54) is 50.5 Å². The molecule has 0 N–H and O–H groups in total. The second kappa shape index (κ2) is 9.02. The van der Waals surface area contributed by atoms with Gasteiger partial charge in [-0.3, -0.25) is 0 Å². The number of benzene rings is 1. The Morgan fingerprint density at radius 3 is 2.48 bits per heavy atom. The minimum absolute atomic E-state index is 0.656. The van der Waals surface area contributed by atoms with Gasteiger partial charge in [0, 0.05) is 13.2 Å². The number of hydrogen-bond acceptors (Lipinski definition) is 1. The van der Waals surface area contributed by atoms with Gasteiger partial charge in [0.05, 0.1) is 10.0 Å². The summed E-state index contributed by atoms with van der Waals surface area (Å²) in [4.78, 5) is 0. The second-order valence-corrected chi connectivity index (χ2v) is 6.90. The molecule has 0 atom stereocenters. The maximum absolute atomic E-state index is 6.13. The number of halogens is 2. The fourth-order valence-corrected chi connectivity index (χ4v) is 3.64. The first-order valence-corrected chi connectivity index (χ1v) is 8.99. The van der Waals surface area contributed by atoms with Crippen LogP contribution in [-0.2, 0) is 4.74 Å². The van der Waals surface area contributed by atoms with E-state index in [1.807, 2.05) is 6.07 Å². The molecule has 1 aliphatic rings. The Morgan fingerprint density at radius 1 is 1.05 bits per heavy atom. The Bertz CT molecular complexity index is 425. The number of rotatable bonds is 7. The van der Waals surface area contributed by atoms with Gasteiger partial charge in [-0.25, -0.2) is 0 Å². The quantitative estimate of drug-likeness (QED) is 0.521. The van der Waals surface area contributed by atoms with Crippen LogP contribution in [0.3, 0.4) is 0 Å². The van der Waals surface area contributed by atoms with Crippen LogP contribution in [0.25, 0.3) is 0 Å². The molecule has 0 spiro atoms. The van der Waals surface area contributed by atoms with Gasteiger partial charge >= 0.3 is 0 Å². The lowest BCUT2D eigenvalue weighted by Gasteiger charge is -2.29. The normalized spacial score (nSPS) is 22.4. The van der Waals surface area contributed by atoms with Gasteiger partial charge in [0.15, 0.2) is 0 Å². The van der Waals surface area contributed by atoms with E-state index >= 15 is 0 Å². The molecule has 0 aliphatic heterocycles. The number of hydrogen-bond donors (Lipinski definition) is 0. The molecule has 0 heterocycles. The Hall–Kier alpha value is -0.240. The molecule has 0 radical (unpaired) electrons. The lowest BCUT2D eigenvalue weighted by atomic mass is 9.77. The second-order valence-electron chi connectivity index (χ2n) is 6.08. The van der Waals surface area contributed by atoms with Crippen molar-refractivity contribution in [2.75, 3.05) is 13.2 Å². The molecule has 1 fully saturated rings. The summed E-state index contributed by atoms with van der Waals surface area (Å²) in [6.45, 7) is 3.83. The highest BCUT2D eigenvalue weighted by Crippen LogP contribution is 2.39. The molecular formula is C18H26Cl2O. The van der Waals surface area contributed by atoms with E-state index in [2.05, 4.69) is 19.1 Å². The summed E-state index contributed by atoms with van der Waals surface area (Å²) in [7, 11) is 0. The van der Waals surface area contributed by atoms with Gasteiger partial charge in [0.2, 0.25) is 0 Å². The first-order valence-electron chi connectivity index (χ1n) is 8.23. The third-order valence-corrected chi connectivity index (χ3v) is 5.36. The van der Waals surface area contributed by atoms with Crippen molar-refractivity contribution in [2.24, 2.45) is 5.92 Å². The Morgan fingerprint density at radius 2 is 1.81 bits per heavy atom. The molecule has 3 heteroatoms. The van der Waals surface area contributed by atoms with Crippen LogP contribution in [0.1, 0.15) is 63.4 Å². The van der Waals surface area contributed by atoms with Crippen LogP contribution < -0.4 is 0 Å². The molecule has 0 unspecified atom stereocenters. The van der Waals surface area contributed by atoms with Crippen LogP contribution in [0.4, 0.5) is 0 Å². The summed E-state index contributed by atoms with van der Waals surface area (Å²) < 4.78 is 5.40. The Balaban J connectivity index is 1.71. The number of unbranched alkanes of at least 4 members (excludes halogenated alkanes) is 1. The largest absolute Gasteiger partial charge is 0.382 e. The van der Waals surface area contributed by atoms with Crippen LogP contribution in [0.2, 0.25) is 10.0 Å². The Kier molecular flexibility index (Phi) is 7.36. The van der Waals surface area contributed by atoms with Crippen molar-refractivity contribution in [1.82, 2.24) is 0 Å². The van der Waals surface area contributed by atoms with Gasteiger partial charge in [-0.2, -0.15) is 0 Å². The fourth-order valence-electron chi connectivity index (χ4n) is 3.33. The van der Waals surface area contributed by atoms with Crippen LogP contribution in [0.15, 0.2) is 18.2 Å². The minimum atomic E-state index is 0.656. The predicted octanol–water partition coefficient (Wildman–Crippen LogP) is 6.47. The lowest BCUT2D eigenvalue weighted by Crippen LogP contribution is -2.13. The van der Waals surface area contributed by atoms with Crippen molar-refractivity contribution in [2.45, 2.75) is 57.8 Å². The average Bonchev–Trinajstić information content (AvgIpc) is 2.50. The maximum atomic E-state index is 6.13. The molecule has 1 aromatic carbocycles. The van der Waals surface area contributed by atoms with Gasteiger partial charge in [-0.15, -0.1) is 0 Å². The van der Waals surface area contributed by atoms with Crippen molar-refractivity contribution in [3.05, 3.63) is 33.8 Å². The maximum Gasteiger partial charge on any atom is 0.0595 e. The van der Waals surface area contributed by atoms with E-state index in [0.717, 1.165) is 19.1 Å². The van der Waals surface area contributed by atoms with E-state index in [0.29, 0.717) is 16.0 Å². The highest BCUT2D eigenvalue weighted by molar-refractivity contribution is 6.42. The molecule has 1 aromatic rings. The third-order valence-electron chi connectivity index (χ3n) is 4.62. The Labute approximate surface area is 139 Å². The molecule has 0 amide bonds. The lowest BCUT2D eigenvalue weighted by molar-refractivity contribution is 0.140. The molecule has 118 valence electrons. The predicted molar refractivity (Wildman–Crippen MR) is 91.5 cm³/mol. The van der Waals surface area contributed by atoms with Crippen molar-refractivity contribution in [1.29, 1.82) is 0 Å². The summed E-state index contributed by atoms with van der Waals surface area (Å²) in [5.74, 6) is 1.57. The topological polar surface area (TPSA) is 9.23 Å². The van der Waals surface area contributed by atoms with E-state index in [-0.39, 0.29) is 0 Å². The molecule has 2 rings (SSSR count). The molecule has 0 bridgehead atoms. The van der Waals surface area contributed by atoms with Crippen molar-refractivity contribution in [3.63, 3.8) is 0 Å². The van der Waals surface area contributed by atoms with Gasteiger partial charge < -0.3 is 4.74 Å². The fraction of sp³-hybridized carbons (Fsp3) is 0.667. The van der Waals surface area contributed by atoms with E-state index in [1.54, 1.807) is 0 Å². The molecule has 0 aromatic heterocycles. The summed E-state index contributed by atoms with van der Waals surface area (Å²) >= 11 is 12.1. The zero-order valence-corrected chi connectivity index (χ0v) is 14.4. The molecule has 21 heavy (non-hydrogen) atoms. The van der Waals surface area contributed by atoms with Gasteiger partial charge in [-0.05, 0) is 68.6 Å². The van der Waals surface area contributed by atoms with Crippen molar-refractivity contribution in [3.8, 4) is 0 Å². The van der Waals surface area contributed by atoms with Gasteiger partial charge in [-0.1, -0.05) is 42.1 Å². The van der Waals surface area contributed by atoms with Gasteiger partial charge in [0.1, 0.15) is 0 Å². The average molecular weight is 329 g/mol. The summed E-state index contributed by atoms with van der Waals surface area (Å²) in [5, 5.41) is 1.34. The molecular weight excluding hydrogens is 303 g/mol. The SMILES string of the molecule is CCOCCCC[C@H]1CC[C@H](c2ccc(Cl)c(Cl)c2)CC1. The van der Waals surface area contributed by atoms with Crippen LogP contribution in [0.5, 0.6) is 0 Å². The molecule has 1 saturated carbocycles. The van der Waals surface area contributed by atoms with E-state index in [4.69, 9.17) is 27.9 Å². The van der Waals surface area contributed by atoms with Crippen molar-refractivity contribution < 1.29 is 4.74 Å². The number of ether oxygens (including phenoxy) is 1. The standard InChI is InChI=1S/C18H26Cl2O/c1-2-21-12-4-3-5-14-6-8-15(9-7-14)16-10-11-17(19)18(20)13-16/h10-11,13-15H,2-9,12H2,1H3/t14-,15-. The summed E-state index contributed by atoms with van der Waals surface area (Å²) in [6.07, 6.45) is 9.14. The summed E-state index contributed by atoms with van der Waals surface area (Å²) in [6, 6.07) is 6.12. The van der Waals surface area contributed by atoms with E-state index in [9.17, 15) is 0 Å². The van der Waals surface area contributed by atoms with Crippen LogP contribution in [-0.4, -0.2) is 13.2 Å². The first-order chi connectivity index (χ1) is 10.2. The van der Waals surface area contributed by atoms with E-state index < -0.39 is 0 Å². The highest BCUT2D eigenvalue weighted by atomic mass is 35.5. The minimum Gasteiger partial charge on any atom is -0.382 e. The zero-order chi connectivity index (χ0) is 15.1. The third kappa shape index (κ3) is 5.47. The van der Waals surface area contributed by atoms with Crippen LogP contribution in [0, 0.1) is 5.92 Å². The zero-order valence-electron chi connectivity index (χ0n) is 12.9. The van der Waals surface area contributed by atoms with Gasteiger partial charge in [0.25, 0.3) is 0 Å². The summed E-state index contributed by atoms with van der Waals surface area (Å²) in [5.41, 5.74) is 1.36. The van der Waals surface area contributed by atoms with Crippen molar-refractivity contribution >= 4 is 23.2 Å². The molecule has 1 nitrogen and oxygen atoms in total. The van der Waals surface area contributed by atoms with Crippen LogP contribution >= 0.6 is 23.2 Å².